The van der Waals surface area contributed by atoms with Gasteiger partial charge in [-0.05, 0) is 29.7 Å². The van der Waals surface area contributed by atoms with E-state index in [1.165, 1.54) is 11.0 Å². The summed E-state index contributed by atoms with van der Waals surface area (Å²) in [4.78, 5) is 26.4. The Bertz CT molecular complexity index is 677. The summed E-state index contributed by atoms with van der Waals surface area (Å²) in [6.45, 7) is 0.0463. The Morgan fingerprint density at radius 2 is 2.10 bits per heavy atom. The Balaban J connectivity index is 1.86. The Morgan fingerprint density at radius 3 is 2.90 bits per heavy atom. The van der Waals surface area contributed by atoms with Crippen LogP contribution in [0.2, 0.25) is 0 Å². The lowest BCUT2D eigenvalue weighted by Crippen LogP contribution is -2.41. The predicted molar refractivity (Wildman–Crippen MR) is 80.8 cm³/mol. The number of amides is 2. The van der Waals surface area contributed by atoms with Crippen LogP contribution < -0.4 is 10.2 Å². The number of carbonyl (C=O) groups excluding carboxylic acids is 2. The maximum atomic E-state index is 12.3. The molecule has 0 saturated carbocycles. The summed E-state index contributed by atoms with van der Waals surface area (Å²) in [7, 11) is 0. The molecule has 1 aliphatic heterocycles. The molecule has 1 N–H and O–H groups in total. The molecule has 5 heteroatoms. The second kappa shape index (κ2) is 5.30. The molecule has 0 aliphatic carbocycles. The molecule has 100 valence electrons. The van der Waals surface area contributed by atoms with Gasteiger partial charge >= 0.3 is 0 Å². The Morgan fingerprint density at radius 1 is 1.25 bits per heavy atom. The number of hydrogen-bond donors (Lipinski definition) is 1. The van der Waals surface area contributed by atoms with Gasteiger partial charge in [0.05, 0.1) is 11.4 Å². The van der Waals surface area contributed by atoms with Gasteiger partial charge in [-0.15, -0.1) is 11.3 Å². The van der Waals surface area contributed by atoms with Crippen molar-refractivity contribution >= 4 is 40.6 Å². The predicted octanol–water partition coefficient (Wildman–Crippen LogP) is 2.75. The number of thiophene rings is 1. The quantitative estimate of drug-likeness (QED) is 0.862. The van der Waals surface area contributed by atoms with Crippen molar-refractivity contribution in [3.05, 3.63) is 52.7 Å². The maximum Gasteiger partial charge on any atom is 0.251 e. The van der Waals surface area contributed by atoms with Crippen LogP contribution in [-0.4, -0.2) is 18.4 Å². The minimum Gasteiger partial charge on any atom is -0.323 e. The highest BCUT2D eigenvalue weighted by atomic mass is 32.1. The monoisotopic (exact) mass is 284 g/mol. The second-order valence-electron chi connectivity index (χ2n) is 4.34. The van der Waals surface area contributed by atoms with Crippen molar-refractivity contribution in [2.45, 2.75) is 0 Å². The highest BCUT2D eigenvalue weighted by Crippen LogP contribution is 2.29. The van der Waals surface area contributed by atoms with Crippen LogP contribution in [0.4, 0.5) is 11.4 Å². The molecule has 0 saturated heterocycles. The molecule has 0 radical (unpaired) electrons. The number of nitrogens with one attached hydrogen (secondary N) is 1. The van der Waals surface area contributed by atoms with Crippen LogP contribution in [0, 0.1) is 0 Å². The second-order valence-corrected chi connectivity index (χ2v) is 5.32. The minimum absolute atomic E-state index is 0.0463. The molecule has 2 amide bonds. The van der Waals surface area contributed by atoms with Crippen LogP contribution in [0.3, 0.4) is 0 Å². The zero-order valence-electron chi connectivity index (χ0n) is 10.6. The third kappa shape index (κ3) is 2.48. The summed E-state index contributed by atoms with van der Waals surface area (Å²) in [5, 5.41) is 4.71. The van der Waals surface area contributed by atoms with Crippen LogP contribution in [0.1, 0.15) is 4.88 Å². The molecular weight excluding hydrogens is 272 g/mol. The fourth-order valence-corrected chi connectivity index (χ4v) is 2.68. The van der Waals surface area contributed by atoms with Crippen molar-refractivity contribution in [2.75, 3.05) is 16.8 Å². The van der Waals surface area contributed by atoms with E-state index in [-0.39, 0.29) is 18.4 Å². The van der Waals surface area contributed by atoms with Crippen molar-refractivity contribution in [3.8, 4) is 0 Å². The zero-order chi connectivity index (χ0) is 13.9. The number of anilines is 2. The summed E-state index contributed by atoms with van der Waals surface area (Å²) < 4.78 is 0. The third-order valence-corrected chi connectivity index (χ3v) is 3.81. The molecule has 0 spiro atoms. The zero-order valence-corrected chi connectivity index (χ0v) is 11.4. The van der Waals surface area contributed by atoms with Crippen LogP contribution in [-0.2, 0) is 9.59 Å². The average molecular weight is 284 g/mol. The van der Waals surface area contributed by atoms with Gasteiger partial charge in [0, 0.05) is 11.0 Å². The molecule has 0 atom stereocenters. The van der Waals surface area contributed by atoms with Crippen molar-refractivity contribution in [1.29, 1.82) is 0 Å². The minimum atomic E-state index is -0.194. The van der Waals surface area contributed by atoms with E-state index in [1.54, 1.807) is 23.5 Å². The highest BCUT2D eigenvalue weighted by Gasteiger charge is 2.24. The van der Waals surface area contributed by atoms with Gasteiger partial charge < -0.3 is 5.32 Å². The first-order chi connectivity index (χ1) is 9.74. The van der Waals surface area contributed by atoms with E-state index >= 15 is 0 Å². The number of benzene rings is 1. The smallest absolute Gasteiger partial charge is 0.251 e. The first kappa shape index (κ1) is 12.6. The van der Waals surface area contributed by atoms with Crippen molar-refractivity contribution in [2.24, 2.45) is 0 Å². The molecule has 0 unspecified atom stereocenters. The van der Waals surface area contributed by atoms with E-state index in [1.807, 2.05) is 35.7 Å². The van der Waals surface area contributed by atoms with Gasteiger partial charge in [0.15, 0.2) is 0 Å². The lowest BCUT2D eigenvalue weighted by atomic mass is 10.2. The maximum absolute atomic E-state index is 12.3. The molecule has 2 heterocycles. The molecular formula is C15H12N2O2S. The van der Waals surface area contributed by atoms with Crippen LogP contribution in [0.25, 0.3) is 6.08 Å². The van der Waals surface area contributed by atoms with Crippen molar-refractivity contribution in [1.82, 2.24) is 0 Å². The lowest BCUT2D eigenvalue weighted by molar-refractivity contribution is -0.119. The number of rotatable bonds is 2. The normalized spacial score (nSPS) is 14.2. The first-order valence-corrected chi connectivity index (χ1v) is 7.04. The molecule has 0 bridgehead atoms. The van der Waals surface area contributed by atoms with E-state index in [4.69, 9.17) is 0 Å². The molecule has 1 aromatic heterocycles. The summed E-state index contributed by atoms with van der Waals surface area (Å²) >= 11 is 1.56. The van der Waals surface area contributed by atoms with Crippen molar-refractivity contribution in [3.63, 3.8) is 0 Å². The van der Waals surface area contributed by atoms with Gasteiger partial charge in [-0.2, -0.15) is 0 Å². The summed E-state index contributed by atoms with van der Waals surface area (Å²) in [6, 6.07) is 11.2. The van der Waals surface area contributed by atoms with Crippen molar-refractivity contribution < 1.29 is 9.59 Å². The largest absolute Gasteiger partial charge is 0.323 e. The number of nitrogens with zero attached hydrogens (tertiary/aromatic N) is 1. The molecule has 4 nitrogen and oxygen atoms in total. The molecule has 2 aromatic rings. The van der Waals surface area contributed by atoms with E-state index in [0.717, 1.165) is 10.6 Å². The fraction of sp³-hybridized carbons (Fsp3) is 0.0667. The third-order valence-electron chi connectivity index (χ3n) is 2.97. The van der Waals surface area contributed by atoms with Gasteiger partial charge in [-0.3, -0.25) is 14.5 Å². The van der Waals surface area contributed by atoms with Gasteiger partial charge in [0.2, 0.25) is 5.91 Å². The Hall–Kier alpha value is -2.40. The molecule has 20 heavy (non-hydrogen) atoms. The molecule has 1 aromatic carbocycles. The van der Waals surface area contributed by atoms with E-state index in [0.29, 0.717) is 5.69 Å². The highest BCUT2D eigenvalue weighted by molar-refractivity contribution is 7.10. The van der Waals surface area contributed by atoms with E-state index in [2.05, 4.69) is 5.32 Å². The van der Waals surface area contributed by atoms with E-state index < -0.39 is 0 Å². The van der Waals surface area contributed by atoms with Gasteiger partial charge in [0.25, 0.3) is 5.91 Å². The molecule has 1 aliphatic rings. The SMILES string of the molecule is O=C1CN(C(=O)/C=C/c2cccs2)c2ccccc2N1. The number of hydrogen-bond acceptors (Lipinski definition) is 3. The number of carbonyl (C=O) groups is 2. The summed E-state index contributed by atoms with van der Waals surface area (Å²) in [6.07, 6.45) is 3.27. The first-order valence-electron chi connectivity index (χ1n) is 6.16. The van der Waals surface area contributed by atoms with Crippen LogP contribution in [0.5, 0.6) is 0 Å². The van der Waals surface area contributed by atoms with E-state index in [9.17, 15) is 9.59 Å². The standard InChI is InChI=1S/C15H12N2O2S/c18-14-10-17(13-6-2-1-5-12(13)16-14)15(19)8-7-11-4-3-9-20-11/h1-9H,10H2,(H,16,18)/b8-7+. The fourth-order valence-electron chi connectivity index (χ4n) is 2.06. The number of fused-ring (bicyclic) bond motifs is 1. The summed E-state index contributed by atoms with van der Waals surface area (Å²) in [5.74, 6) is -0.373. The topological polar surface area (TPSA) is 49.4 Å². The molecule has 0 fully saturated rings. The Kier molecular flexibility index (Phi) is 3.35. The summed E-state index contributed by atoms with van der Waals surface area (Å²) in [5.41, 5.74) is 1.40. The number of para-hydroxylation sites is 2. The average Bonchev–Trinajstić information content (AvgIpc) is 2.97. The lowest BCUT2D eigenvalue weighted by Gasteiger charge is -2.28. The van der Waals surface area contributed by atoms with Gasteiger partial charge in [-0.25, -0.2) is 0 Å². The van der Waals surface area contributed by atoms with Crippen LogP contribution in [0.15, 0.2) is 47.9 Å². The van der Waals surface area contributed by atoms with Crippen LogP contribution >= 0.6 is 11.3 Å². The Labute approximate surface area is 120 Å². The van der Waals surface area contributed by atoms with Gasteiger partial charge in [-0.1, -0.05) is 18.2 Å². The molecule has 3 rings (SSSR count). The van der Waals surface area contributed by atoms with Gasteiger partial charge in [0.1, 0.15) is 6.54 Å².